The van der Waals surface area contributed by atoms with Gasteiger partial charge in [0.25, 0.3) is 5.91 Å². The molecule has 1 aromatic carbocycles. The van der Waals surface area contributed by atoms with Crippen molar-refractivity contribution in [2.45, 2.75) is 64.0 Å². The summed E-state index contributed by atoms with van der Waals surface area (Å²) in [7, 11) is 0. The number of hydrogen-bond acceptors (Lipinski definition) is 4. The summed E-state index contributed by atoms with van der Waals surface area (Å²) in [6, 6.07) is 8.62. The summed E-state index contributed by atoms with van der Waals surface area (Å²) >= 11 is 0. The van der Waals surface area contributed by atoms with Crippen LogP contribution in [-0.4, -0.2) is 73.1 Å². The summed E-state index contributed by atoms with van der Waals surface area (Å²) in [5, 5.41) is 3.26. The predicted molar refractivity (Wildman–Crippen MR) is 128 cm³/mol. The van der Waals surface area contributed by atoms with Crippen molar-refractivity contribution in [1.29, 1.82) is 0 Å². The number of amides is 2. The van der Waals surface area contributed by atoms with Gasteiger partial charge in [-0.05, 0) is 73.1 Å². The molecule has 0 bridgehead atoms. The molecule has 3 saturated heterocycles. The Bertz CT molecular complexity index is 860. The van der Waals surface area contributed by atoms with Crippen LogP contribution in [0.5, 0.6) is 0 Å². The van der Waals surface area contributed by atoms with Gasteiger partial charge in [0.1, 0.15) is 0 Å². The molecule has 3 aliphatic heterocycles. The number of hydrogen-bond donors (Lipinski definition) is 1. The molecule has 180 valence electrons. The van der Waals surface area contributed by atoms with Gasteiger partial charge in [0.05, 0.1) is 6.04 Å². The van der Waals surface area contributed by atoms with Crippen molar-refractivity contribution in [2.24, 2.45) is 17.8 Å². The number of rotatable bonds is 5. The van der Waals surface area contributed by atoms with Crippen LogP contribution in [0.25, 0.3) is 0 Å². The Kier molecular flexibility index (Phi) is 6.25. The maximum atomic E-state index is 13.0. The molecule has 1 saturated carbocycles. The minimum Gasteiger partial charge on any atom is -0.381 e. The minimum atomic E-state index is 0.0286. The van der Waals surface area contributed by atoms with Crippen LogP contribution >= 0.6 is 0 Å². The van der Waals surface area contributed by atoms with Gasteiger partial charge in [0.15, 0.2) is 0 Å². The Hall–Kier alpha value is -1.92. The van der Waals surface area contributed by atoms with Crippen LogP contribution < -0.4 is 5.32 Å². The van der Waals surface area contributed by atoms with E-state index in [4.69, 9.17) is 4.74 Å². The smallest absolute Gasteiger partial charge is 0.253 e. The maximum absolute atomic E-state index is 13.0. The van der Waals surface area contributed by atoms with Gasteiger partial charge in [-0.2, -0.15) is 0 Å². The van der Waals surface area contributed by atoms with Crippen molar-refractivity contribution in [3.05, 3.63) is 35.4 Å². The second-order valence-corrected chi connectivity index (χ2v) is 11.5. The van der Waals surface area contributed by atoms with Crippen LogP contribution in [0.4, 0.5) is 0 Å². The second kappa shape index (κ2) is 9.03. The monoisotopic (exact) mass is 453 g/mol. The third-order valence-corrected chi connectivity index (χ3v) is 8.43. The van der Waals surface area contributed by atoms with Crippen molar-refractivity contribution in [2.75, 3.05) is 39.4 Å². The first kappa shape index (κ1) is 22.9. The van der Waals surface area contributed by atoms with Gasteiger partial charge in [-0.15, -0.1) is 0 Å². The van der Waals surface area contributed by atoms with Gasteiger partial charge >= 0.3 is 0 Å². The van der Waals surface area contributed by atoms with Crippen molar-refractivity contribution < 1.29 is 14.3 Å². The minimum absolute atomic E-state index is 0.0286. The number of fused-ring (bicyclic) bond motifs is 1. The summed E-state index contributed by atoms with van der Waals surface area (Å²) in [5.41, 5.74) is 2.12. The molecular formula is C27H39N3O3. The molecule has 1 aromatic rings. The first-order chi connectivity index (χ1) is 15.8. The zero-order chi connectivity index (χ0) is 23.2. The first-order valence-corrected chi connectivity index (χ1v) is 12.8. The summed E-state index contributed by atoms with van der Waals surface area (Å²) < 4.78 is 5.50. The van der Waals surface area contributed by atoms with Gasteiger partial charge in [-0.1, -0.05) is 32.9 Å². The van der Waals surface area contributed by atoms with E-state index in [1.165, 1.54) is 5.56 Å². The lowest BCUT2D eigenvalue weighted by Gasteiger charge is -2.34. The van der Waals surface area contributed by atoms with Gasteiger partial charge in [-0.25, -0.2) is 0 Å². The molecule has 4 aliphatic rings. The van der Waals surface area contributed by atoms with E-state index in [9.17, 15) is 9.59 Å². The highest BCUT2D eigenvalue weighted by molar-refractivity contribution is 5.94. The van der Waals surface area contributed by atoms with Crippen molar-refractivity contribution in [1.82, 2.24) is 15.1 Å². The quantitative estimate of drug-likeness (QED) is 0.744. The number of carbonyl (C=O) groups is 2. The van der Waals surface area contributed by atoms with Crippen molar-refractivity contribution in [3.63, 3.8) is 0 Å². The summed E-state index contributed by atoms with van der Waals surface area (Å²) in [5.74, 6) is 1.95. The molecule has 2 amide bonds. The topological polar surface area (TPSA) is 61.9 Å². The highest BCUT2D eigenvalue weighted by atomic mass is 16.5. The molecule has 3 unspecified atom stereocenters. The normalized spacial score (nSPS) is 30.3. The lowest BCUT2D eigenvalue weighted by Crippen LogP contribution is -2.49. The summed E-state index contributed by atoms with van der Waals surface area (Å²) in [6.45, 7) is 11.6. The molecule has 3 heterocycles. The Morgan fingerprint density at radius 2 is 1.70 bits per heavy atom. The summed E-state index contributed by atoms with van der Waals surface area (Å²) in [4.78, 5) is 30.3. The number of nitrogens with zero attached hydrogens (tertiary/aromatic N) is 2. The van der Waals surface area contributed by atoms with E-state index >= 15 is 0 Å². The van der Waals surface area contributed by atoms with E-state index in [1.54, 1.807) is 0 Å². The molecule has 6 heteroatoms. The molecule has 4 fully saturated rings. The fourth-order valence-electron chi connectivity index (χ4n) is 6.27. The summed E-state index contributed by atoms with van der Waals surface area (Å²) in [6.07, 6.45) is 4.16. The van der Waals surface area contributed by atoms with Gasteiger partial charge < -0.3 is 15.0 Å². The lowest BCUT2D eigenvalue weighted by atomic mass is 9.86. The van der Waals surface area contributed by atoms with Crippen molar-refractivity contribution >= 4 is 11.8 Å². The third kappa shape index (κ3) is 4.69. The average Bonchev–Trinajstić information content (AvgIpc) is 3.18. The molecule has 1 N–H and O–H groups in total. The highest BCUT2D eigenvalue weighted by Crippen LogP contribution is 2.51. The van der Waals surface area contributed by atoms with Crippen LogP contribution in [-0.2, 0) is 14.9 Å². The molecule has 33 heavy (non-hydrogen) atoms. The van der Waals surface area contributed by atoms with E-state index in [1.807, 2.05) is 17.0 Å². The maximum Gasteiger partial charge on any atom is 0.253 e. The Morgan fingerprint density at radius 1 is 1.03 bits per heavy atom. The molecule has 6 nitrogen and oxygen atoms in total. The molecule has 0 radical (unpaired) electrons. The zero-order valence-corrected chi connectivity index (χ0v) is 20.4. The lowest BCUT2D eigenvalue weighted by molar-refractivity contribution is -0.127. The second-order valence-electron chi connectivity index (χ2n) is 11.5. The number of benzene rings is 1. The number of piperidine rings is 1. The zero-order valence-electron chi connectivity index (χ0n) is 20.4. The van der Waals surface area contributed by atoms with Gasteiger partial charge in [-0.3, -0.25) is 14.5 Å². The van der Waals surface area contributed by atoms with Crippen LogP contribution in [0.15, 0.2) is 24.3 Å². The molecular weight excluding hydrogens is 414 g/mol. The SMILES string of the molecule is CC(C)(C)c1ccc(C(=O)N2CC3C(CNC(=O)C4CCCN4C4CCOCC4)C3C2)cc1. The third-order valence-electron chi connectivity index (χ3n) is 8.43. The van der Waals surface area contributed by atoms with Crippen LogP contribution in [0.2, 0.25) is 0 Å². The standard InChI is InChI=1S/C27H39N3O3/c1-27(2,3)19-8-6-18(7-9-19)26(32)29-16-22-21(23(22)17-29)15-28-25(31)24-5-4-12-30(24)20-10-13-33-14-11-20/h6-9,20-24H,4-5,10-17H2,1-3H3,(H,28,31). The van der Waals surface area contributed by atoms with E-state index in [-0.39, 0.29) is 23.3 Å². The number of carbonyl (C=O) groups excluding carboxylic acids is 2. The molecule has 3 atom stereocenters. The molecule has 5 rings (SSSR count). The Labute approximate surface area is 198 Å². The molecule has 1 aliphatic carbocycles. The predicted octanol–water partition coefficient (Wildman–Crippen LogP) is 3.06. The van der Waals surface area contributed by atoms with E-state index in [0.29, 0.717) is 23.8 Å². The van der Waals surface area contributed by atoms with E-state index < -0.39 is 0 Å². The fraction of sp³-hybridized carbons (Fsp3) is 0.704. The van der Waals surface area contributed by atoms with E-state index in [2.05, 4.69) is 43.1 Å². The van der Waals surface area contributed by atoms with E-state index in [0.717, 1.165) is 70.6 Å². The average molecular weight is 454 g/mol. The number of nitrogens with one attached hydrogen (secondary N) is 1. The van der Waals surface area contributed by atoms with Gasteiger partial charge in [0, 0.05) is 44.5 Å². The number of likely N-dealkylation sites (tertiary alicyclic amines) is 2. The molecule has 0 spiro atoms. The number of ether oxygens (including phenoxy) is 1. The highest BCUT2D eigenvalue weighted by Gasteiger charge is 2.56. The molecule has 0 aromatic heterocycles. The van der Waals surface area contributed by atoms with Crippen LogP contribution in [0.1, 0.15) is 62.4 Å². The van der Waals surface area contributed by atoms with Crippen molar-refractivity contribution in [3.8, 4) is 0 Å². The Balaban J connectivity index is 1.08. The van der Waals surface area contributed by atoms with Gasteiger partial charge in [0.2, 0.25) is 5.91 Å². The Morgan fingerprint density at radius 3 is 2.33 bits per heavy atom. The first-order valence-electron chi connectivity index (χ1n) is 12.8. The fourth-order valence-corrected chi connectivity index (χ4v) is 6.27. The largest absolute Gasteiger partial charge is 0.381 e. The van der Waals surface area contributed by atoms with Crippen LogP contribution in [0, 0.1) is 17.8 Å². The van der Waals surface area contributed by atoms with Crippen LogP contribution in [0.3, 0.4) is 0 Å².